The number of para-hydroxylation sites is 2. The molecule has 0 spiro atoms. The van der Waals surface area contributed by atoms with Gasteiger partial charge < -0.3 is 10.6 Å². The van der Waals surface area contributed by atoms with Crippen molar-refractivity contribution in [2.24, 2.45) is 0 Å². The van der Waals surface area contributed by atoms with Gasteiger partial charge in [0.2, 0.25) is 0 Å². The molecule has 4 heteroatoms. The number of fused-ring (bicyclic) bond motifs is 6. The van der Waals surface area contributed by atoms with Gasteiger partial charge in [0.05, 0.1) is 11.4 Å². The van der Waals surface area contributed by atoms with E-state index < -0.39 is 0 Å². The topological polar surface area (TPSA) is 49.8 Å². The van der Waals surface area contributed by atoms with Crippen molar-refractivity contribution < 1.29 is 0 Å². The van der Waals surface area contributed by atoms with E-state index in [-0.39, 0.29) is 0 Å². The lowest BCUT2D eigenvalue weighted by Crippen LogP contribution is -2.14. The molecule has 0 saturated heterocycles. The van der Waals surface area contributed by atoms with Crippen LogP contribution in [-0.2, 0) is 13.1 Å². The van der Waals surface area contributed by atoms with E-state index in [9.17, 15) is 0 Å². The average molecular weight is 362 g/mol. The molecular weight excluding hydrogens is 344 g/mol. The second-order valence-corrected chi connectivity index (χ2v) is 7.17. The van der Waals surface area contributed by atoms with Gasteiger partial charge in [-0.15, -0.1) is 0 Å². The van der Waals surface area contributed by atoms with Crippen LogP contribution in [-0.4, -0.2) is 9.97 Å². The van der Waals surface area contributed by atoms with Crippen molar-refractivity contribution in [3.8, 4) is 33.6 Å². The van der Waals surface area contributed by atoms with E-state index in [0.717, 1.165) is 24.5 Å². The molecule has 2 aliphatic rings. The lowest BCUT2D eigenvalue weighted by atomic mass is 9.89. The van der Waals surface area contributed by atoms with Gasteiger partial charge in [-0.3, -0.25) is 9.97 Å². The third kappa shape index (κ3) is 2.18. The quantitative estimate of drug-likeness (QED) is 0.481. The lowest BCUT2D eigenvalue weighted by molar-refractivity contribution is 1.06. The lowest BCUT2D eigenvalue weighted by Gasteiger charge is -2.26. The predicted octanol–water partition coefficient (Wildman–Crippen LogP) is 5.33. The summed E-state index contributed by atoms with van der Waals surface area (Å²) in [5.41, 5.74) is 11.6. The zero-order chi connectivity index (χ0) is 18.5. The number of hydrogen-bond donors (Lipinski definition) is 2. The van der Waals surface area contributed by atoms with Crippen LogP contribution >= 0.6 is 0 Å². The van der Waals surface area contributed by atoms with Crippen LogP contribution in [0.15, 0.2) is 73.1 Å². The van der Waals surface area contributed by atoms with Crippen molar-refractivity contribution in [1.82, 2.24) is 9.97 Å². The summed E-state index contributed by atoms with van der Waals surface area (Å²) in [6, 6.07) is 21.1. The normalized spacial score (nSPS) is 13.3. The van der Waals surface area contributed by atoms with E-state index in [1.165, 1.54) is 44.8 Å². The van der Waals surface area contributed by atoms with Crippen LogP contribution in [0.5, 0.6) is 0 Å². The number of aromatic nitrogens is 2. The van der Waals surface area contributed by atoms with Crippen LogP contribution in [0.4, 0.5) is 11.4 Å². The summed E-state index contributed by atoms with van der Waals surface area (Å²) in [4.78, 5) is 9.54. The van der Waals surface area contributed by atoms with Crippen molar-refractivity contribution in [2.45, 2.75) is 13.1 Å². The van der Waals surface area contributed by atoms with Gasteiger partial charge in [-0.05, 0) is 35.4 Å². The van der Waals surface area contributed by atoms with E-state index in [1.807, 2.05) is 12.4 Å². The van der Waals surface area contributed by atoms with Crippen molar-refractivity contribution >= 4 is 11.4 Å². The minimum atomic E-state index is 0.755. The van der Waals surface area contributed by atoms with Crippen molar-refractivity contribution in [1.29, 1.82) is 0 Å². The highest BCUT2D eigenvalue weighted by Gasteiger charge is 2.24. The fraction of sp³-hybridized carbons (Fsp3) is 0.0833. The average Bonchev–Trinajstić information content (AvgIpc) is 2.78. The second kappa shape index (κ2) is 5.92. The molecule has 0 aliphatic carbocycles. The smallest absolute Gasteiger partial charge is 0.0945 e. The summed E-state index contributed by atoms with van der Waals surface area (Å²) in [6.45, 7) is 1.51. The maximum absolute atomic E-state index is 4.77. The number of pyridine rings is 2. The summed E-state index contributed by atoms with van der Waals surface area (Å²) in [7, 11) is 0. The molecule has 134 valence electrons. The Morgan fingerprint density at radius 3 is 1.50 bits per heavy atom. The Morgan fingerprint density at radius 1 is 0.536 bits per heavy atom. The van der Waals surface area contributed by atoms with E-state index in [2.05, 4.69) is 71.3 Å². The Bertz CT molecular complexity index is 1130. The van der Waals surface area contributed by atoms with Crippen molar-refractivity contribution in [3.63, 3.8) is 0 Å². The standard InChI is InChI=1S/C24H18N4/c1-3-7-21-17(5-1)15-9-11-25-23(19(15)13-27-21)24-20-14-28-22-8-4-2-6-18(22)16(20)10-12-26-24/h1-12,27-28H,13-14H2. The number of nitrogens with one attached hydrogen (secondary N) is 2. The van der Waals surface area contributed by atoms with Crippen LogP contribution in [0, 0.1) is 0 Å². The largest absolute Gasteiger partial charge is 0.380 e. The summed E-state index contributed by atoms with van der Waals surface area (Å²) < 4.78 is 0. The highest BCUT2D eigenvalue weighted by molar-refractivity contribution is 5.89. The molecule has 4 heterocycles. The molecule has 2 aromatic carbocycles. The zero-order valence-corrected chi connectivity index (χ0v) is 15.2. The maximum atomic E-state index is 4.77. The molecule has 0 radical (unpaired) electrons. The number of rotatable bonds is 1. The second-order valence-electron chi connectivity index (χ2n) is 7.17. The van der Waals surface area contributed by atoms with E-state index >= 15 is 0 Å². The molecule has 0 saturated carbocycles. The highest BCUT2D eigenvalue weighted by Crippen LogP contribution is 2.42. The first-order chi connectivity index (χ1) is 13.9. The van der Waals surface area contributed by atoms with Crippen molar-refractivity contribution in [3.05, 3.63) is 84.2 Å². The number of nitrogens with zero attached hydrogens (tertiary/aromatic N) is 2. The Hall–Kier alpha value is -3.66. The van der Waals surface area contributed by atoms with Crippen LogP contribution in [0.3, 0.4) is 0 Å². The van der Waals surface area contributed by atoms with Gasteiger partial charge in [-0.2, -0.15) is 0 Å². The number of hydrogen-bond acceptors (Lipinski definition) is 4. The molecule has 2 aromatic heterocycles. The van der Waals surface area contributed by atoms with E-state index in [4.69, 9.17) is 9.97 Å². The van der Waals surface area contributed by atoms with Gasteiger partial charge in [0.15, 0.2) is 0 Å². The summed E-state index contributed by atoms with van der Waals surface area (Å²) >= 11 is 0. The van der Waals surface area contributed by atoms with Crippen LogP contribution in [0.25, 0.3) is 33.6 Å². The molecule has 4 aromatic rings. The summed E-state index contributed by atoms with van der Waals surface area (Å²) in [6.07, 6.45) is 3.81. The Balaban J connectivity index is 1.58. The maximum Gasteiger partial charge on any atom is 0.0945 e. The van der Waals surface area contributed by atoms with Crippen LogP contribution in [0.2, 0.25) is 0 Å². The molecule has 0 bridgehead atoms. The molecule has 0 atom stereocenters. The third-order valence-electron chi connectivity index (χ3n) is 5.68. The van der Waals surface area contributed by atoms with Gasteiger partial charge in [0.1, 0.15) is 0 Å². The van der Waals surface area contributed by atoms with Crippen molar-refractivity contribution in [2.75, 3.05) is 10.6 Å². The van der Waals surface area contributed by atoms with Gasteiger partial charge in [-0.25, -0.2) is 0 Å². The van der Waals surface area contributed by atoms with Gasteiger partial charge >= 0.3 is 0 Å². The fourth-order valence-corrected chi connectivity index (χ4v) is 4.37. The molecule has 0 amide bonds. The molecule has 6 rings (SSSR count). The molecule has 2 aliphatic heterocycles. The summed E-state index contributed by atoms with van der Waals surface area (Å²) in [5, 5.41) is 7.08. The SMILES string of the molecule is c1ccc2c(c1)NCc1c-2ccnc1-c1nccc2c1CNc1ccccc1-2. The number of benzene rings is 2. The first kappa shape index (κ1) is 15.4. The Morgan fingerprint density at radius 2 is 1.00 bits per heavy atom. The van der Waals surface area contributed by atoms with E-state index in [0.29, 0.717) is 0 Å². The molecule has 2 N–H and O–H groups in total. The van der Waals surface area contributed by atoms with E-state index in [1.54, 1.807) is 0 Å². The zero-order valence-electron chi connectivity index (χ0n) is 15.2. The minimum Gasteiger partial charge on any atom is -0.380 e. The monoisotopic (exact) mass is 362 g/mol. The Kier molecular flexibility index (Phi) is 3.26. The minimum absolute atomic E-state index is 0.755. The molecule has 28 heavy (non-hydrogen) atoms. The van der Waals surface area contributed by atoms with Crippen LogP contribution < -0.4 is 10.6 Å². The van der Waals surface area contributed by atoms with Gasteiger partial charge in [-0.1, -0.05) is 36.4 Å². The third-order valence-corrected chi connectivity index (χ3v) is 5.68. The highest BCUT2D eigenvalue weighted by atomic mass is 14.9. The molecule has 0 fully saturated rings. The number of anilines is 2. The van der Waals surface area contributed by atoms with Gasteiger partial charge in [0, 0.05) is 59.1 Å². The molecule has 4 nitrogen and oxygen atoms in total. The summed E-state index contributed by atoms with van der Waals surface area (Å²) in [5.74, 6) is 0. The Labute approximate surface area is 163 Å². The first-order valence-corrected chi connectivity index (χ1v) is 9.53. The van der Waals surface area contributed by atoms with Gasteiger partial charge in [0.25, 0.3) is 0 Å². The van der Waals surface area contributed by atoms with Crippen LogP contribution in [0.1, 0.15) is 11.1 Å². The fourth-order valence-electron chi connectivity index (χ4n) is 4.37. The predicted molar refractivity (Wildman–Crippen MR) is 113 cm³/mol. The first-order valence-electron chi connectivity index (χ1n) is 9.53. The molecular formula is C24H18N4. The molecule has 0 unspecified atom stereocenters.